The molecule has 0 spiro atoms. The molecule has 0 aliphatic rings. The number of hydrogen-bond acceptors (Lipinski definition) is 1. The lowest BCUT2D eigenvalue weighted by molar-refractivity contribution is -0.137. The zero-order chi connectivity index (χ0) is 15.4. The zero-order valence-corrected chi connectivity index (χ0v) is 12.9. The summed E-state index contributed by atoms with van der Waals surface area (Å²) in [6, 6.07) is 4.43. The summed E-state index contributed by atoms with van der Waals surface area (Å²) < 4.78 is 37.7. The van der Waals surface area contributed by atoms with Gasteiger partial charge in [-0.05, 0) is 30.0 Å². The summed E-state index contributed by atoms with van der Waals surface area (Å²) in [6.07, 6.45) is -3.58. The van der Waals surface area contributed by atoms with Crippen LogP contribution >= 0.6 is 15.9 Å². The molecule has 6 heteroatoms. The highest BCUT2D eigenvalue weighted by molar-refractivity contribution is 9.09. The molecule has 1 rings (SSSR count). The molecule has 1 amide bonds. The van der Waals surface area contributed by atoms with E-state index in [0.717, 1.165) is 23.9 Å². The molecule has 0 aliphatic carbocycles. The molecule has 1 aromatic rings. The van der Waals surface area contributed by atoms with Crippen molar-refractivity contribution in [3.63, 3.8) is 0 Å². The first-order valence-corrected chi connectivity index (χ1v) is 7.29. The van der Waals surface area contributed by atoms with E-state index in [2.05, 4.69) is 21.2 Å². The van der Waals surface area contributed by atoms with Gasteiger partial charge in [0.25, 0.3) is 5.91 Å². The van der Waals surface area contributed by atoms with Crippen molar-refractivity contribution < 1.29 is 18.0 Å². The molecule has 0 saturated heterocycles. The van der Waals surface area contributed by atoms with Crippen LogP contribution in [-0.2, 0) is 6.18 Å². The van der Waals surface area contributed by atoms with Crippen molar-refractivity contribution in [1.29, 1.82) is 0 Å². The second kappa shape index (κ2) is 6.61. The van der Waals surface area contributed by atoms with E-state index >= 15 is 0 Å². The molecule has 0 fully saturated rings. The standard InChI is InChI=1S/C14H17BrF3NO/c1-13(2,6-7-15)9-19-12(20)10-4-3-5-11(8-10)14(16,17)18/h3-5,8H,6-7,9H2,1-2H3,(H,19,20). The molecule has 0 aromatic heterocycles. The molecule has 20 heavy (non-hydrogen) atoms. The smallest absolute Gasteiger partial charge is 0.352 e. The average molecular weight is 352 g/mol. The van der Waals surface area contributed by atoms with Crippen LogP contribution in [0.25, 0.3) is 0 Å². The van der Waals surface area contributed by atoms with Gasteiger partial charge in [-0.25, -0.2) is 0 Å². The topological polar surface area (TPSA) is 29.1 Å². The first-order chi connectivity index (χ1) is 9.15. The van der Waals surface area contributed by atoms with Crippen LogP contribution in [0, 0.1) is 5.41 Å². The Hall–Kier alpha value is -1.04. The maximum absolute atomic E-state index is 12.6. The molecular weight excluding hydrogens is 335 g/mol. The van der Waals surface area contributed by atoms with Crippen LogP contribution in [-0.4, -0.2) is 17.8 Å². The summed E-state index contributed by atoms with van der Waals surface area (Å²) in [5, 5.41) is 3.48. The largest absolute Gasteiger partial charge is 0.416 e. The predicted octanol–water partition coefficient (Wildman–Crippen LogP) is 4.25. The van der Waals surface area contributed by atoms with Crippen LogP contribution in [0.1, 0.15) is 36.2 Å². The molecule has 2 nitrogen and oxygen atoms in total. The van der Waals surface area contributed by atoms with E-state index < -0.39 is 17.6 Å². The summed E-state index contributed by atoms with van der Waals surface area (Å²) in [6.45, 7) is 4.38. The van der Waals surface area contributed by atoms with Crippen molar-refractivity contribution in [2.24, 2.45) is 5.41 Å². The number of carbonyl (C=O) groups excluding carboxylic acids is 1. The molecule has 1 N–H and O–H groups in total. The van der Waals surface area contributed by atoms with Crippen molar-refractivity contribution in [2.45, 2.75) is 26.4 Å². The highest BCUT2D eigenvalue weighted by Crippen LogP contribution is 2.29. The SMILES string of the molecule is CC(C)(CCBr)CNC(=O)c1cccc(C(F)(F)F)c1. The molecule has 0 bridgehead atoms. The van der Waals surface area contributed by atoms with E-state index in [4.69, 9.17) is 0 Å². The maximum Gasteiger partial charge on any atom is 0.416 e. The molecule has 0 saturated carbocycles. The number of alkyl halides is 4. The lowest BCUT2D eigenvalue weighted by atomic mass is 9.90. The van der Waals surface area contributed by atoms with Crippen LogP contribution in [0.5, 0.6) is 0 Å². The monoisotopic (exact) mass is 351 g/mol. The van der Waals surface area contributed by atoms with E-state index in [1.165, 1.54) is 12.1 Å². The summed E-state index contributed by atoms with van der Waals surface area (Å²) in [4.78, 5) is 11.9. The van der Waals surface area contributed by atoms with Crippen LogP contribution in [0.3, 0.4) is 0 Å². The Morgan fingerprint density at radius 3 is 2.50 bits per heavy atom. The van der Waals surface area contributed by atoms with Crippen LogP contribution in [0.2, 0.25) is 0 Å². The van der Waals surface area contributed by atoms with Crippen molar-refractivity contribution in [3.05, 3.63) is 35.4 Å². The van der Waals surface area contributed by atoms with Crippen LogP contribution in [0.15, 0.2) is 24.3 Å². The van der Waals surface area contributed by atoms with Gasteiger partial charge in [0.1, 0.15) is 0 Å². The molecule has 112 valence electrons. The first-order valence-electron chi connectivity index (χ1n) is 6.17. The van der Waals surface area contributed by atoms with Crippen molar-refractivity contribution >= 4 is 21.8 Å². The third-order valence-electron chi connectivity index (χ3n) is 2.95. The number of carbonyl (C=O) groups is 1. The van der Waals surface area contributed by atoms with E-state index in [-0.39, 0.29) is 11.0 Å². The van der Waals surface area contributed by atoms with Gasteiger partial charge in [0.05, 0.1) is 5.56 Å². The second-order valence-electron chi connectivity index (χ2n) is 5.36. The van der Waals surface area contributed by atoms with E-state index in [9.17, 15) is 18.0 Å². The highest BCUT2D eigenvalue weighted by atomic mass is 79.9. The summed E-state index contributed by atoms with van der Waals surface area (Å²) in [7, 11) is 0. The molecule has 0 radical (unpaired) electrons. The normalized spacial score (nSPS) is 12.3. The number of hydrogen-bond donors (Lipinski definition) is 1. The number of rotatable bonds is 5. The Kier molecular flexibility index (Phi) is 5.62. The molecule has 0 atom stereocenters. The fourth-order valence-corrected chi connectivity index (χ4v) is 2.68. The Balaban J connectivity index is 2.74. The van der Waals surface area contributed by atoms with Crippen LogP contribution < -0.4 is 5.32 Å². The Morgan fingerprint density at radius 1 is 1.30 bits per heavy atom. The molecular formula is C14H17BrF3NO. The van der Waals surface area contributed by atoms with Gasteiger partial charge in [-0.1, -0.05) is 35.8 Å². The van der Waals surface area contributed by atoms with Gasteiger partial charge in [-0.3, -0.25) is 4.79 Å². The van der Waals surface area contributed by atoms with Gasteiger partial charge in [0, 0.05) is 17.4 Å². The van der Waals surface area contributed by atoms with Crippen LogP contribution in [0.4, 0.5) is 13.2 Å². The van der Waals surface area contributed by atoms with E-state index in [1.54, 1.807) is 0 Å². The van der Waals surface area contributed by atoms with Crippen molar-refractivity contribution in [2.75, 3.05) is 11.9 Å². The number of nitrogens with one attached hydrogen (secondary N) is 1. The Morgan fingerprint density at radius 2 is 1.95 bits per heavy atom. The van der Waals surface area contributed by atoms with E-state index in [0.29, 0.717) is 6.54 Å². The van der Waals surface area contributed by atoms with Gasteiger partial charge < -0.3 is 5.32 Å². The van der Waals surface area contributed by atoms with E-state index in [1.807, 2.05) is 13.8 Å². The van der Waals surface area contributed by atoms with Crippen molar-refractivity contribution in [3.8, 4) is 0 Å². The number of amides is 1. The molecule has 0 heterocycles. The first kappa shape index (κ1) is 17.0. The van der Waals surface area contributed by atoms with Gasteiger partial charge >= 0.3 is 6.18 Å². The fourth-order valence-electron chi connectivity index (χ4n) is 1.60. The summed E-state index contributed by atoms with van der Waals surface area (Å²) >= 11 is 3.33. The minimum Gasteiger partial charge on any atom is -0.352 e. The second-order valence-corrected chi connectivity index (χ2v) is 6.16. The summed E-state index contributed by atoms with van der Waals surface area (Å²) in [5.41, 5.74) is -0.903. The Labute approximate surface area is 124 Å². The minimum atomic E-state index is -4.44. The Bertz CT molecular complexity index is 472. The fraction of sp³-hybridized carbons (Fsp3) is 0.500. The zero-order valence-electron chi connectivity index (χ0n) is 11.4. The maximum atomic E-state index is 12.6. The third kappa shape index (κ3) is 5.15. The van der Waals surface area contributed by atoms with Crippen molar-refractivity contribution in [1.82, 2.24) is 5.32 Å². The summed E-state index contributed by atoms with van der Waals surface area (Å²) in [5.74, 6) is -0.487. The quantitative estimate of drug-likeness (QED) is 0.789. The van der Waals surface area contributed by atoms with Gasteiger partial charge in [0.2, 0.25) is 0 Å². The molecule has 1 aromatic carbocycles. The minimum absolute atomic E-state index is 0.0227. The average Bonchev–Trinajstić information content (AvgIpc) is 2.35. The lowest BCUT2D eigenvalue weighted by Gasteiger charge is -2.24. The molecule has 0 aliphatic heterocycles. The molecule has 0 unspecified atom stereocenters. The van der Waals surface area contributed by atoms with Gasteiger partial charge in [-0.2, -0.15) is 13.2 Å². The number of benzene rings is 1. The lowest BCUT2D eigenvalue weighted by Crippen LogP contribution is -2.34. The predicted molar refractivity (Wildman–Crippen MR) is 76.0 cm³/mol. The number of halogens is 4. The highest BCUT2D eigenvalue weighted by Gasteiger charge is 2.31. The third-order valence-corrected chi connectivity index (χ3v) is 3.35. The van der Waals surface area contributed by atoms with Gasteiger partial charge in [0.15, 0.2) is 0 Å². The van der Waals surface area contributed by atoms with Gasteiger partial charge in [-0.15, -0.1) is 0 Å².